The van der Waals surface area contributed by atoms with Crippen molar-refractivity contribution in [2.24, 2.45) is 0 Å². The highest BCUT2D eigenvalue weighted by Crippen LogP contribution is 2.45. The predicted octanol–water partition coefficient (Wildman–Crippen LogP) is 3.19. The Morgan fingerprint density at radius 2 is 1.93 bits per heavy atom. The lowest BCUT2D eigenvalue weighted by Crippen LogP contribution is -2.60. The zero-order valence-electron chi connectivity index (χ0n) is 18.0. The number of hydrogen-bond donors (Lipinski definition) is 1. The summed E-state index contributed by atoms with van der Waals surface area (Å²) in [6, 6.07) is 9.36. The molecule has 2 aromatic rings. The van der Waals surface area contributed by atoms with Crippen LogP contribution in [0.3, 0.4) is 0 Å². The minimum absolute atomic E-state index is 0. The maximum atomic E-state index is 12.6. The second kappa shape index (κ2) is 9.02. The van der Waals surface area contributed by atoms with Crippen LogP contribution in [-0.4, -0.2) is 48.6 Å². The van der Waals surface area contributed by atoms with Gasteiger partial charge in [0.2, 0.25) is 0 Å². The number of hydrogen-bond acceptors (Lipinski definition) is 5. The number of pyridine rings is 1. The van der Waals surface area contributed by atoms with Crippen LogP contribution in [0, 0.1) is 0 Å². The Morgan fingerprint density at radius 1 is 1.27 bits per heavy atom. The SMILES string of the molecule is CCN(C(=O)[O-])C1C[C@H](C)[N@+](C)(C(C)=O)c2ccc(-c3ccc(NC)nc3)cc21.Cl. The Hall–Kier alpha value is -2.64. The lowest BCUT2D eigenvalue weighted by molar-refractivity contribution is -0.268. The molecular weight excluding hydrogens is 404 g/mol. The van der Waals surface area contributed by atoms with Gasteiger partial charge >= 0.3 is 5.91 Å². The third-order valence-corrected chi connectivity index (χ3v) is 6.29. The molecule has 2 amide bonds. The zero-order chi connectivity index (χ0) is 21.3. The number of benzene rings is 1. The number of amides is 2. The van der Waals surface area contributed by atoms with Gasteiger partial charge in [-0.1, -0.05) is 0 Å². The largest absolute Gasteiger partial charge is 0.530 e. The lowest BCUT2D eigenvalue weighted by Gasteiger charge is -2.47. The van der Waals surface area contributed by atoms with Gasteiger partial charge in [-0.25, -0.2) is 14.3 Å². The Balaban J connectivity index is 0.00000320. The first-order valence-electron chi connectivity index (χ1n) is 9.87. The van der Waals surface area contributed by atoms with Crippen molar-refractivity contribution in [3.05, 3.63) is 42.1 Å². The molecule has 1 aromatic heterocycles. The number of quaternary nitrogens is 1. The van der Waals surface area contributed by atoms with E-state index in [1.165, 1.54) is 4.90 Å². The summed E-state index contributed by atoms with van der Waals surface area (Å²) in [5.74, 6) is 0.801. The van der Waals surface area contributed by atoms with Gasteiger partial charge in [0.15, 0.2) is 0 Å². The van der Waals surface area contributed by atoms with Gasteiger partial charge in [-0.3, -0.25) is 0 Å². The van der Waals surface area contributed by atoms with E-state index < -0.39 is 6.09 Å². The lowest BCUT2D eigenvalue weighted by atomic mass is 9.86. The molecule has 2 heterocycles. The fourth-order valence-electron chi connectivity index (χ4n) is 4.29. The summed E-state index contributed by atoms with van der Waals surface area (Å²) in [6.07, 6.45) is 1.13. The molecule has 1 N–H and O–H groups in total. The zero-order valence-corrected chi connectivity index (χ0v) is 18.8. The molecular formula is C22H29ClN4O3. The standard InChI is InChI=1S/C22H28N4O3.ClH/c1-6-25(22(28)29)19-11-14(2)26(5,15(3)27)20-9-7-16(12-18(19)20)17-8-10-21(23-4)24-13-17;/h7-10,12-14,19H,6,11H2,1-5H3,(H-,23,24,28,29);1H/t14-,19?,26+;/m0./s1. The van der Waals surface area contributed by atoms with Crippen LogP contribution in [0.25, 0.3) is 11.1 Å². The molecule has 1 unspecified atom stereocenters. The number of nitrogens with zero attached hydrogens (tertiary/aromatic N) is 3. The average molecular weight is 433 g/mol. The summed E-state index contributed by atoms with van der Waals surface area (Å²) >= 11 is 0. The number of carboxylic acid groups (broad SMARTS) is 1. The van der Waals surface area contributed by atoms with Gasteiger partial charge in [0.25, 0.3) is 0 Å². The summed E-state index contributed by atoms with van der Waals surface area (Å²) in [6.45, 7) is 5.71. The van der Waals surface area contributed by atoms with Gasteiger partial charge in [0, 0.05) is 43.4 Å². The second-order valence-electron chi connectivity index (χ2n) is 7.70. The van der Waals surface area contributed by atoms with E-state index in [2.05, 4.69) is 10.3 Å². The van der Waals surface area contributed by atoms with Crippen LogP contribution in [0.1, 0.15) is 38.8 Å². The number of halogens is 1. The van der Waals surface area contributed by atoms with E-state index in [-0.39, 0.29) is 34.9 Å². The molecule has 0 saturated carbocycles. The molecule has 30 heavy (non-hydrogen) atoms. The fraction of sp³-hybridized carbons (Fsp3) is 0.409. The quantitative estimate of drug-likeness (QED) is 0.750. The van der Waals surface area contributed by atoms with Crippen molar-refractivity contribution in [1.29, 1.82) is 0 Å². The third kappa shape index (κ3) is 3.87. The van der Waals surface area contributed by atoms with E-state index in [0.717, 1.165) is 28.2 Å². The maximum absolute atomic E-state index is 12.6. The maximum Gasteiger partial charge on any atom is 0.315 e. The van der Waals surface area contributed by atoms with Crippen molar-refractivity contribution in [2.75, 3.05) is 26.0 Å². The molecule has 0 bridgehead atoms. The molecule has 3 atom stereocenters. The molecule has 0 aliphatic carbocycles. The number of anilines is 1. The molecule has 8 heteroatoms. The number of rotatable bonds is 4. The van der Waals surface area contributed by atoms with Gasteiger partial charge in [-0.05, 0) is 43.7 Å². The highest BCUT2D eigenvalue weighted by atomic mass is 35.5. The van der Waals surface area contributed by atoms with E-state index >= 15 is 0 Å². The highest BCUT2D eigenvalue weighted by molar-refractivity contribution is 5.89. The first-order chi connectivity index (χ1) is 13.7. The molecule has 0 spiro atoms. The average Bonchev–Trinajstić information content (AvgIpc) is 2.71. The number of aromatic nitrogens is 1. The van der Waals surface area contributed by atoms with E-state index in [9.17, 15) is 14.7 Å². The Bertz CT molecular complexity index is 934. The number of carbonyl (C=O) groups is 2. The first kappa shape index (κ1) is 23.6. The molecule has 7 nitrogen and oxygen atoms in total. The van der Waals surface area contributed by atoms with Crippen LogP contribution < -0.4 is 14.9 Å². The van der Waals surface area contributed by atoms with Crippen LogP contribution in [0.5, 0.6) is 0 Å². The second-order valence-corrected chi connectivity index (χ2v) is 7.70. The molecule has 0 fully saturated rings. The minimum Gasteiger partial charge on any atom is -0.530 e. The Labute approximate surface area is 183 Å². The van der Waals surface area contributed by atoms with Crippen molar-refractivity contribution >= 4 is 35.9 Å². The molecule has 1 aliphatic heterocycles. The normalized spacial score (nSPS) is 22.4. The van der Waals surface area contributed by atoms with E-state index in [1.54, 1.807) is 20.0 Å². The van der Waals surface area contributed by atoms with Crippen molar-refractivity contribution in [3.63, 3.8) is 0 Å². The number of fused-ring (bicyclic) bond motifs is 1. The van der Waals surface area contributed by atoms with Gasteiger partial charge in [-0.15, -0.1) is 12.4 Å². The smallest absolute Gasteiger partial charge is 0.315 e. The predicted molar refractivity (Wildman–Crippen MR) is 119 cm³/mol. The van der Waals surface area contributed by atoms with Crippen molar-refractivity contribution in [3.8, 4) is 11.1 Å². The Kier molecular flexibility index (Phi) is 7.10. The van der Waals surface area contributed by atoms with Crippen LogP contribution in [0.2, 0.25) is 0 Å². The monoisotopic (exact) mass is 432 g/mol. The van der Waals surface area contributed by atoms with Crippen molar-refractivity contribution in [1.82, 2.24) is 14.4 Å². The molecule has 0 radical (unpaired) electrons. The summed E-state index contributed by atoms with van der Waals surface area (Å²) in [5.41, 5.74) is 3.55. The van der Waals surface area contributed by atoms with Crippen molar-refractivity contribution < 1.29 is 14.7 Å². The molecule has 162 valence electrons. The molecule has 1 aromatic carbocycles. The topological polar surface area (TPSA) is 85.4 Å². The number of nitrogens with one attached hydrogen (secondary N) is 1. The molecule has 1 aliphatic rings. The van der Waals surface area contributed by atoms with Gasteiger partial charge in [-0.2, -0.15) is 0 Å². The summed E-state index contributed by atoms with van der Waals surface area (Å²) in [4.78, 5) is 30.1. The third-order valence-electron chi connectivity index (χ3n) is 6.29. The van der Waals surface area contributed by atoms with E-state index in [1.807, 2.05) is 51.4 Å². The van der Waals surface area contributed by atoms with Crippen LogP contribution in [0.15, 0.2) is 36.5 Å². The highest BCUT2D eigenvalue weighted by Gasteiger charge is 2.47. The van der Waals surface area contributed by atoms with E-state index in [4.69, 9.17) is 0 Å². The van der Waals surface area contributed by atoms with Gasteiger partial charge in [0.05, 0.1) is 26.1 Å². The number of carbonyl (C=O) groups excluding carboxylic acids is 2. The van der Waals surface area contributed by atoms with Crippen molar-refractivity contribution in [2.45, 2.75) is 39.3 Å². The summed E-state index contributed by atoms with van der Waals surface area (Å²) in [5, 5.41) is 14.8. The minimum atomic E-state index is -1.19. The van der Waals surface area contributed by atoms with E-state index in [0.29, 0.717) is 13.0 Å². The summed E-state index contributed by atoms with van der Waals surface area (Å²) < 4.78 is 0.146. The van der Waals surface area contributed by atoms with Crippen LogP contribution in [-0.2, 0) is 4.79 Å². The molecule has 3 rings (SSSR count). The van der Waals surface area contributed by atoms with Gasteiger partial charge < -0.3 is 20.1 Å². The van der Waals surface area contributed by atoms with Crippen LogP contribution >= 0.6 is 12.4 Å². The van der Waals surface area contributed by atoms with Gasteiger partial charge in [0.1, 0.15) is 17.6 Å². The Morgan fingerprint density at radius 3 is 2.43 bits per heavy atom. The first-order valence-corrected chi connectivity index (χ1v) is 9.87. The fourth-order valence-corrected chi connectivity index (χ4v) is 4.29. The molecule has 0 saturated heterocycles. The summed E-state index contributed by atoms with van der Waals surface area (Å²) in [7, 11) is 3.72. The van der Waals surface area contributed by atoms with Crippen LogP contribution in [0.4, 0.5) is 16.3 Å².